The van der Waals surface area contributed by atoms with Crippen molar-refractivity contribution < 1.29 is 27.5 Å². The van der Waals surface area contributed by atoms with Crippen molar-refractivity contribution in [2.45, 2.75) is 50.9 Å². The molecule has 0 spiro atoms. The molecule has 9 heteroatoms. The second-order valence-corrected chi connectivity index (χ2v) is 11.3. The first-order valence-corrected chi connectivity index (χ1v) is 14.2. The number of alkyl halides is 3. The first-order chi connectivity index (χ1) is 19.2. The number of methoxy groups -OCH3 is 1. The summed E-state index contributed by atoms with van der Waals surface area (Å²) in [7, 11) is 1.56. The predicted molar refractivity (Wildman–Crippen MR) is 152 cm³/mol. The number of thiophene rings is 1. The number of carbonyl (C=O) groups is 2. The van der Waals surface area contributed by atoms with Gasteiger partial charge in [-0.3, -0.25) is 9.59 Å². The Hall–Kier alpha value is -3.36. The van der Waals surface area contributed by atoms with E-state index in [1.54, 1.807) is 19.2 Å². The molecule has 1 aliphatic rings. The van der Waals surface area contributed by atoms with Crippen LogP contribution in [0.4, 0.5) is 13.2 Å². The highest BCUT2D eigenvalue weighted by atomic mass is 35.5. The molecule has 0 unspecified atom stereocenters. The van der Waals surface area contributed by atoms with Crippen LogP contribution in [0.5, 0.6) is 5.75 Å². The van der Waals surface area contributed by atoms with Gasteiger partial charge in [0.05, 0.1) is 12.1 Å². The lowest BCUT2D eigenvalue weighted by molar-refractivity contribution is -0.0885. The number of nitrogens with zero attached hydrogens (tertiary/aromatic N) is 1. The number of hydrogen-bond acceptors (Lipinski definition) is 4. The van der Waals surface area contributed by atoms with Gasteiger partial charge in [0.25, 0.3) is 11.7 Å². The highest BCUT2D eigenvalue weighted by Crippen LogP contribution is 2.38. The third-order valence-corrected chi connectivity index (χ3v) is 9.03. The molecule has 208 valence electrons. The molecule has 1 fully saturated rings. The zero-order valence-electron chi connectivity index (χ0n) is 21.8. The summed E-state index contributed by atoms with van der Waals surface area (Å²) >= 11 is 8.10. The zero-order chi connectivity index (χ0) is 28.4. The van der Waals surface area contributed by atoms with Crippen molar-refractivity contribution in [3.8, 4) is 16.9 Å². The van der Waals surface area contributed by atoms with E-state index in [-0.39, 0.29) is 18.5 Å². The number of ether oxygens (including phenoxy) is 1. The van der Waals surface area contributed by atoms with Gasteiger partial charge in [-0.15, -0.1) is 11.3 Å². The lowest BCUT2D eigenvalue weighted by atomic mass is 9.93. The van der Waals surface area contributed by atoms with Crippen molar-refractivity contribution in [3.05, 3.63) is 87.8 Å². The molecule has 0 saturated heterocycles. The first-order valence-electron chi connectivity index (χ1n) is 13.0. The van der Waals surface area contributed by atoms with Crippen molar-refractivity contribution in [2.24, 2.45) is 0 Å². The van der Waals surface area contributed by atoms with E-state index in [1.165, 1.54) is 35.6 Å². The van der Waals surface area contributed by atoms with Gasteiger partial charge in [-0.1, -0.05) is 79.4 Å². The molecular formula is C31H27ClF3NO3S. The lowest BCUT2D eigenvalue weighted by Crippen LogP contribution is -2.40. The van der Waals surface area contributed by atoms with Crippen LogP contribution in [0, 0.1) is 0 Å². The topological polar surface area (TPSA) is 46.6 Å². The molecule has 0 atom stereocenters. The summed E-state index contributed by atoms with van der Waals surface area (Å²) in [5, 5.41) is 1.31. The summed E-state index contributed by atoms with van der Waals surface area (Å²) in [4.78, 5) is 28.1. The van der Waals surface area contributed by atoms with Crippen LogP contribution in [0.2, 0.25) is 5.02 Å². The van der Waals surface area contributed by atoms with Crippen LogP contribution >= 0.6 is 22.9 Å². The van der Waals surface area contributed by atoms with Crippen molar-refractivity contribution in [3.63, 3.8) is 0 Å². The monoisotopic (exact) mass is 585 g/mol. The van der Waals surface area contributed by atoms with Gasteiger partial charge in [-0.05, 0) is 42.2 Å². The lowest BCUT2D eigenvalue weighted by Gasteiger charge is -2.34. The molecule has 5 rings (SSSR count). The standard InChI is InChI=1S/C31H27ClF3NO3S/c1-39-25-16-15-21(19-11-13-20(14-12-19)29(37)31(33,34)35)17-22(25)18-36(23-7-3-2-4-8-23)30(38)28-27(32)24-9-5-6-10-26(24)40-28/h5-6,9-17,23H,2-4,7-8,18H2,1H3. The van der Waals surface area contributed by atoms with Gasteiger partial charge in [0.2, 0.25) is 0 Å². The fourth-order valence-corrected chi connectivity index (χ4v) is 6.75. The molecule has 3 aromatic carbocycles. The first kappa shape index (κ1) is 28.2. The Morgan fingerprint density at radius 1 is 0.975 bits per heavy atom. The molecule has 0 aliphatic heterocycles. The number of benzene rings is 3. The molecule has 4 nitrogen and oxygen atoms in total. The van der Waals surface area contributed by atoms with Gasteiger partial charge in [-0.2, -0.15) is 13.2 Å². The molecule has 0 N–H and O–H groups in total. The van der Waals surface area contributed by atoms with E-state index < -0.39 is 17.5 Å². The Labute approximate surface area is 239 Å². The van der Waals surface area contributed by atoms with E-state index in [9.17, 15) is 22.8 Å². The molecule has 1 heterocycles. The summed E-state index contributed by atoms with van der Waals surface area (Å²) in [6, 6.07) is 18.5. The van der Waals surface area contributed by atoms with E-state index in [0.717, 1.165) is 53.3 Å². The average Bonchev–Trinajstić information content (AvgIpc) is 3.31. The minimum Gasteiger partial charge on any atom is -0.496 e. The summed E-state index contributed by atoms with van der Waals surface area (Å²) in [5.41, 5.74) is 1.73. The van der Waals surface area contributed by atoms with E-state index >= 15 is 0 Å². The minimum atomic E-state index is -4.93. The van der Waals surface area contributed by atoms with Crippen LogP contribution in [0.1, 0.15) is 57.7 Å². The van der Waals surface area contributed by atoms with Crippen LogP contribution in [-0.4, -0.2) is 35.9 Å². The van der Waals surface area contributed by atoms with Gasteiger partial charge >= 0.3 is 6.18 Å². The molecule has 0 radical (unpaired) electrons. The van der Waals surface area contributed by atoms with Crippen molar-refractivity contribution in [1.29, 1.82) is 0 Å². The Bertz CT molecular complexity index is 1540. The number of carbonyl (C=O) groups excluding carboxylic acids is 2. The number of halogens is 4. The molecule has 1 saturated carbocycles. The number of amides is 1. The summed E-state index contributed by atoms with van der Waals surface area (Å²) < 4.78 is 45.1. The SMILES string of the molecule is COc1ccc(-c2ccc(C(=O)C(F)(F)F)cc2)cc1CN(C(=O)c1sc2ccccc2c1Cl)C1CCCCC1. The van der Waals surface area contributed by atoms with Crippen LogP contribution in [-0.2, 0) is 6.54 Å². The molecule has 1 aromatic heterocycles. The van der Waals surface area contributed by atoms with Gasteiger partial charge in [0.15, 0.2) is 0 Å². The number of fused-ring (bicyclic) bond motifs is 1. The van der Waals surface area contributed by atoms with E-state index in [4.69, 9.17) is 16.3 Å². The molecule has 4 aromatic rings. The fourth-order valence-electron chi connectivity index (χ4n) is 5.28. The maximum absolute atomic E-state index is 14.1. The van der Waals surface area contributed by atoms with Crippen LogP contribution < -0.4 is 4.74 Å². The highest BCUT2D eigenvalue weighted by Gasteiger charge is 2.39. The number of hydrogen-bond donors (Lipinski definition) is 0. The Morgan fingerprint density at radius 3 is 2.30 bits per heavy atom. The number of Topliss-reactive ketones (excluding diaryl/α,β-unsaturated/α-hetero) is 1. The molecule has 40 heavy (non-hydrogen) atoms. The fraction of sp³-hybridized carbons (Fsp3) is 0.290. The van der Waals surface area contributed by atoms with Crippen molar-refractivity contribution in [2.75, 3.05) is 7.11 Å². The van der Waals surface area contributed by atoms with Crippen LogP contribution in [0.25, 0.3) is 21.2 Å². The third-order valence-electron chi connectivity index (χ3n) is 7.36. The smallest absolute Gasteiger partial charge is 0.454 e. The normalized spacial score (nSPS) is 14.3. The highest BCUT2D eigenvalue weighted by molar-refractivity contribution is 7.21. The quantitative estimate of drug-likeness (QED) is 0.203. The van der Waals surface area contributed by atoms with E-state index in [0.29, 0.717) is 21.2 Å². The average molecular weight is 586 g/mol. The summed E-state index contributed by atoms with van der Waals surface area (Å²) in [5.74, 6) is -1.40. The van der Waals surface area contributed by atoms with Crippen molar-refractivity contribution in [1.82, 2.24) is 4.90 Å². The van der Waals surface area contributed by atoms with Crippen molar-refractivity contribution >= 4 is 44.7 Å². The molecule has 1 aliphatic carbocycles. The molecular weight excluding hydrogens is 559 g/mol. The number of rotatable bonds is 7. The Balaban J connectivity index is 1.49. The summed E-state index contributed by atoms with van der Waals surface area (Å²) in [6.45, 7) is 0.287. The van der Waals surface area contributed by atoms with E-state index in [2.05, 4.69) is 0 Å². The minimum absolute atomic E-state index is 0.0450. The molecule has 0 bridgehead atoms. The molecule has 1 amide bonds. The Kier molecular flexibility index (Phi) is 8.19. The van der Waals surface area contributed by atoms with Gasteiger partial charge < -0.3 is 9.64 Å². The summed E-state index contributed by atoms with van der Waals surface area (Å²) in [6.07, 6.45) is 0.0640. The Morgan fingerprint density at radius 2 is 1.65 bits per heavy atom. The number of ketones is 1. The predicted octanol–water partition coefficient (Wildman–Crippen LogP) is 8.95. The van der Waals surface area contributed by atoms with Gasteiger partial charge in [-0.25, -0.2) is 0 Å². The van der Waals surface area contributed by atoms with Crippen LogP contribution in [0.15, 0.2) is 66.7 Å². The van der Waals surface area contributed by atoms with Gasteiger partial charge in [0.1, 0.15) is 10.6 Å². The maximum Gasteiger partial charge on any atom is 0.454 e. The largest absolute Gasteiger partial charge is 0.496 e. The third kappa shape index (κ3) is 5.74. The van der Waals surface area contributed by atoms with E-state index in [1.807, 2.05) is 35.2 Å². The van der Waals surface area contributed by atoms with Gasteiger partial charge in [0, 0.05) is 33.8 Å². The maximum atomic E-state index is 14.1. The second kappa shape index (κ2) is 11.6. The zero-order valence-corrected chi connectivity index (χ0v) is 23.3. The van der Waals surface area contributed by atoms with Crippen LogP contribution in [0.3, 0.4) is 0 Å². The second-order valence-electron chi connectivity index (χ2n) is 9.90.